The molecule has 0 aliphatic heterocycles. The van der Waals surface area contributed by atoms with Crippen molar-refractivity contribution in [2.75, 3.05) is 0 Å². The molecule has 1 amide bonds. The predicted molar refractivity (Wildman–Crippen MR) is 101 cm³/mol. The van der Waals surface area contributed by atoms with Crippen molar-refractivity contribution in [2.24, 2.45) is 0 Å². The van der Waals surface area contributed by atoms with Gasteiger partial charge < -0.3 is 10.4 Å². The van der Waals surface area contributed by atoms with Crippen LogP contribution in [0.4, 0.5) is 0 Å². The number of hydrogen-bond acceptors (Lipinski definition) is 5. The van der Waals surface area contributed by atoms with E-state index in [9.17, 15) is 9.59 Å². The fourth-order valence-corrected chi connectivity index (χ4v) is 3.45. The Morgan fingerprint density at radius 3 is 2.58 bits per heavy atom. The number of thiophene rings is 1. The third-order valence-electron chi connectivity index (χ3n) is 4.01. The average molecular weight is 372 g/mol. The number of carbonyl (C=O) groups excluding carboxylic acids is 1. The van der Waals surface area contributed by atoms with Gasteiger partial charge >= 0.3 is 5.97 Å². The smallest absolute Gasteiger partial charge is 0.325 e. The Hall–Kier alpha value is -2.74. The molecule has 0 aliphatic rings. The molecule has 0 spiro atoms. The van der Waals surface area contributed by atoms with Gasteiger partial charge in [0.05, 0.1) is 27.7 Å². The molecule has 3 aromatic rings. The second-order valence-electron chi connectivity index (χ2n) is 6.42. The number of amides is 1. The average Bonchev–Trinajstić information content (AvgIpc) is 3.19. The van der Waals surface area contributed by atoms with Crippen LogP contribution in [0.2, 0.25) is 0 Å². The summed E-state index contributed by atoms with van der Waals surface area (Å²) < 4.78 is 1.76. The third kappa shape index (κ3) is 3.32. The first kappa shape index (κ1) is 18.1. The van der Waals surface area contributed by atoms with Crippen molar-refractivity contribution in [1.29, 1.82) is 0 Å². The number of nitrogens with zero attached hydrogens (tertiary/aromatic N) is 3. The van der Waals surface area contributed by atoms with Crippen LogP contribution < -0.4 is 5.32 Å². The molecule has 0 saturated carbocycles. The molecule has 0 saturated heterocycles. The van der Waals surface area contributed by atoms with Crippen molar-refractivity contribution in [3.8, 4) is 10.6 Å². The summed E-state index contributed by atoms with van der Waals surface area (Å²) in [5.74, 6) is -1.54. The van der Waals surface area contributed by atoms with E-state index in [0.29, 0.717) is 22.3 Å². The summed E-state index contributed by atoms with van der Waals surface area (Å²) in [5.41, 5.74) is 1.65. The number of aliphatic carboxylic acids is 1. The lowest BCUT2D eigenvalue weighted by molar-refractivity contribution is -0.138. The molecule has 3 rings (SSSR count). The number of aryl methyl sites for hydroxylation is 1. The summed E-state index contributed by atoms with van der Waals surface area (Å²) in [6.45, 7) is 7.41. The van der Waals surface area contributed by atoms with Crippen LogP contribution in [0.3, 0.4) is 0 Å². The van der Waals surface area contributed by atoms with E-state index >= 15 is 0 Å². The maximum absolute atomic E-state index is 12.7. The first-order valence-corrected chi connectivity index (χ1v) is 9.08. The number of rotatable bonds is 5. The van der Waals surface area contributed by atoms with E-state index in [4.69, 9.17) is 10.1 Å². The molecule has 0 fully saturated rings. The maximum Gasteiger partial charge on any atom is 0.325 e. The van der Waals surface area contributed by atoms with Crippen LogP contribution in [0.15, 0.2) is 24.4 Å². The highest BCUT2D eigenvalue weighted by atomic mass is 32.1. The fourth-order valence-electron chi connectivity index (χ4n) is 2.62. The molecule has 1 atom stereocenters. The molecule has 8 heteroatoms. The van der Waals surface area contributed by atoms with E-state index in [1.54, 1.807) is 28.3 Å². The molecule has 26 heavy (non-hydrogen) atoms. The SMILES string of the molecule is Cc1ccc(-c2cc(C(=O)NC(C)C(=O)O)c3cnn(C(C)C)c3n2)s1. The second kappa shape index (κ2) is 6.87. The van der Waals surface area contributed by atoms with E-state index in [1.807, 2.05) is 32.9 Å². The van der Waals surface area contributed by atoms with E-state index in [-0.39, 0.29) is 6.04 Å². The lowest BCUT2D eigenvalue weighted by atomic mass is 10.1. The first-order chi connectivity index (χ1) is 12.3. The number of pyridine rings is 1. The molecular weight excluding hydrogens is 352 g/mol. The van der Waals surface area contributed by atoms with Crippen LogP contribution in [0.25, 0.3) is 21.6 Å². The minimum atomic E-state index is -1.09. The first-order valence-electron chi connectivity index (χ1n) is 8.26. The van der Waals surface area contributed by atoms with Gasteiger partial charge in [-0.3, -0.25) is 9.59 Å². The zero-order chi connectivity index (χ0) is 19.0. The molecule has 7 nitrogen and oxygen atoms in total. The Kier molecular flexibility index (Phi) is 4.78. The highest BCUT2D eigenvalue weighted by molar-refractivity contribution is 7.15. The van der Waals surface area contributed by atoms with Gasteiger partial charge in [0.2, 0.25) is 0 Å². The quantitative estimate of drug-likeness (QED) is 0.716. The summed E-state index contributed by atoms with van der Waals surface area (Å²) in [6.07, 6.45) is 1.60. The standard InChI is InChI=1S/C18H20N4O3S/c1-9(2)22-16-13(8-19-22)12(17(23)20-11(4)18(24)25)7-14(21-16)15-6-5-10(3)26-15/h5-9,11H,1-4H3,(H,20,23)(H,24,25). The van der Waals surface area contributed by atoms with Gasteiger partial charge in [-0.15, -0.1) is 11.3 Å². The highest BCUT2D eigenvalue weighted by Gasteiger charge is 2.21. The van der Waals surface area contributed by atoms with E-state index < -0.39 is 17.9 Å². The third-order valence-corrected chi connectivity index (χ3v) is 5.03. The number of carbonyl (C=O) groups is 2. The van der Waals surface area contributed by atoms with Crippen molar-refractivity contribution >= 4 is 34.2 Å². The van der Waals surface area contributed by atoms with Crippen molar-refractivity contribution in [1.82, 2.24) is 20.1 Å². The minimum absolute atomic E-state index is 0.0779. The molecule has 3 heterocycles. The van der Waals surface area contributed by atoms with Gasteiger partial charge in [0.15, 0.2) is 5.65 Å². The van der Waals surface area contributed by atoms with Gasteiger partial charge in [-0.1, -0.05) is 0 Å². The molecular formula is C18H20N4O3S. The molecule has 136 valence electrons. The molecule has 0 aromatic carbocycles. The van der Waals surface area contributed by atoms with Gasteiger partial charge in [0, 0.05) is 10.9 Å². The number of nitrogens with one attached hydrogen (secondary N) is 1. The van der Waals surface area contributed by atoms with E-state index in [1.165, 1.54) is 6.92 Å². The van der Waals surface area contributed by atoms with Crippen molar-refractivity contribution in [2.45, 2.75) is 39.8 Å². The van der Waals surface area contributed by atoms with Gasteiger partial charge in [-0.2, -0.15) is 5.10 Å². The normalized spacial score (nSPS) is 12.5. The second-order valence-corrected chi connectivity index (χ2v) is 7.71. The Balaban J connectivity index is 2.17. The van der Waals surface area contributed by atoms with Gasteiger partial charge in [0.1, 0.15) is 6.04 Å². The highest BCUT2D eigenvalue weighted by Crippen LogP contribution is 2.30. The van der Waals surface area contributed by atoms with Crippen molar-refractivity contribution in [3.05, 3.63) is 34.8 Å². The van der Waals surface area contributed by atoms with E-state index in [2.05, 4.69) is 10.4 Å². The number of carboxylic acid groups (broad SMARTS) is 1. The van der Waals surface area contributed by atoms with Crippen LogP contribution in [0.5, 0.6) is 0 Å². The number of hydrogen-bond donors (Lipinski definition) is 2. The van der Waals surface area contributed by atoms with Crippen LogP contribution in [-0.4, -0.2) is 37.8 Å². The molecule has 0 radical (unpaired) electrons. The summed E-state index contributed by atoms with van der Waals surface area (Å²) in [6, 6.07) is 4.75. The van der Waals surface area contributed by atoms with Gasteiger partial charge in [-0.25, -0.2) is 9.67 Å². The molecule has 2 N–H and O–H groups in total. The Bertz CT molecular complexity index is 990. The van der Waals surface area contributed by atoms with Crippen LogP contribution in [-0.2, 0) is 4.79 Å². The van der Waals surface area contributed by atoms with Crippen LogP contribution in [0, 0.1) is 6.92 Å². The zero-order valence-corrected chi connectivity index (χ0v) is 15.8. The number of fused-ring (bicyclic) bond motifs is 1. The van der Waals surface area contributed by atoms with Gasteiger partial charge in [0.25, 0.3) is 5.91 Å². The molecule has 0 bridgehead atoms. The van der Waals surface area contributed by atoms with E-state index in [0.717, 1.165) is 9.75 Å². The van der Waals surface area contributed by atoms with Crippen LogP contribution >= 0.6 is 11.3 Å². The lowest BCUT2D eigenvalue weighted by Gasteiger charge is -2.12. The minimum Gasteiger partial charge on any atom is -0.480 e. The largest absolute Gasteiger partial charge is 0.480 e. The molecule has 0 aliphatic carbocycles. The fraction of sp³-hybridized carbons (Fsp3) is 0.333. The zero-order valence-electron chi connectivity index (χ0n) is 15.0. The lowest BCUT2D eigenvalue weighted by Crippen LogP contribution is -2.38. The predicted octanol–water partition coefficient (Wildman–Crippen LogP) is 3.25. The summed E-state index contributed by atoms with van der Waals surface area (Å²) in [5, 5.41) is 16.5. The monoisotopic (exact) mass is 372 g/mol. The van der Waals surface area contributed by atoms with Gasteiger partial charge in [-0.05, 0) is 45.9 Å². The number of aromatic nitrogens is 3. The van der Waals surface area contributed by atoms with Crippen molar-refractivity contribution < 1.29 is 14.7 Å². The Morgan fingerprint density at radius 1 is 1.27 bits per heavy atom. The maximum atomic E-state index is 12.7. The topological polar surface area (TPSA) is 97.1 Å². The summed E-state index contributed by atoms with van der Waals surface area (Å²) in [7, 11) is 0. The van der Waals surface area contributed by atoms with Crippen molar-refractivity contribution in [3.63, 3.8) is 0 Å². The Labute approximate surface area is 154 Å². The molecule has 1 unspecified atom stereocenters. The number of carboxylic acids is 1. The summed E-state index contributed by atoms with van der Waals surface area (Å²) in [4.78, 5) is 30.6. The summed E-state index contributed by atoms with van der Waals surface area (Å²) >= 11 is 1.59. The molecule has 3 aromatic heterocycles. The Morgan fingerprint density at radius 2 is 2.00 bits per heavy atom. The van der Waals surface area contributed by atoms with Crippen LogP contribution in [0.1, 0.15) is 42.0 Å².